The van der Waals surface area contributed by atoms with Crippen molar-refractivity contribution in [2.45, 2.75) is 32.6 Å². The van der Waals surface area contributed by atoms with Crippen LogP contribution in [-0.4, -0.2) is 13.1 Å². The van der Waals surface area contributed by atoms with E-state index in [1.165, 1.54) is 12.0 Å². The fourth-order valence-electron chi connectivity index (χ4n) is 2.82. The van der Waals surface area contributed by atoms with E-state index in [-0.39, 0.29) is 0 Å². The summed E-state index contributed by atoms with van der Waals surface area (Å²) in [6, 6.07) is 8.84. The molecule has 1 heteroatoms. The molecular weight excluding hydrogens is 182 g/mol. The molecule has 1 nitrogen and oxygen atoms in total. The molecule has 2 rings (SSSR count). The highest BCUT2D eigenvalue weighted by atomic mass is 15.0. The molecule has 0 unspecified atom stereocenters. The van der Waals surface area contributed by atoms with Crippen LogP contribution in [0.2, 0.25) is 0 Å². The predicted octanol–water partition coefficient (Wildman–Crippen LogP) is 2.88. The minimum atomic E-state index is 0.416. The second kappa shape index (κ2) is 3.97. The van der Waals surface area contributed by atoms with Crippen molar-refractivity contribution in [2.24, 2.45) is 5.92 Å². The van der Waals surface area contributed by atoms with Gasteiger partial charge in [0.05, 0.1) is 0 Å². The maximum Gasteiger partial charge on any atom is 0.0207 e. The maximum atomic E-state index is 3.43. The Morgan fingerprint density at radius 3 is 2.40 bits per heavy atom. The second-order valence-corrected chi connectivity index (χ2v) is 5.30. The van der Waals surface area contributed by atoms with Crippen molar-refractivity contribution in [1.29, 1.82) is 0 Å². The van der Waals surface area contributed by atoms with Gasteiger partial charge < -0.3 is 5.32 Å². The summed E-state index contributed by atoms with van der Waals surface area (Å²) in [6.45, 7) is 9.17. The number of rotatable bonds is 3. The monoisotopic (exact) mass is 203 g/mol. The molecule has 1 aromatic rings. The molecule has 1 aromatic carbocycles. The minimum absolute atomic E-state index is 0.416. The Morgan fingerprint density at radius 2 is 1.93 bits per heavy atom. The van der Waals surface area contributed by atoms with Gasteiger partial charge in [0.15, 0.2) is 0 Å². The summed E-state index contributed by atoms with van der Waals surface area (Å²) in [5.74, 6) is 0.770. The molecule has 1 heterocycles. The molecule has 0 saturated carbocycles. The van der Waals surface area contributed by atoms with Gasteiger partial charge in [-0.2, -0.15) is 0 Å². The molecule has 0 atom stereocenters. The third-order valence-corrected chi connectivity index (χ3v) is 3.44. The van der Waals surface area contributed by atoms with Gasteiger partial charge >= 0.3 is 0 Å². The quantitative estimate of drug-likeness (QED) is 0.796. The summed E-state index contributed by atoms with van der Waals surface area (Å²) in [5, 5.41) is 3.43. The fourth-order valence-corrected chi connectivity index (χ4v) is 2.82. The van der Waals surface area contributed by atoms with Crippen LogP contribution in [0.3, 0.4) is 0 Å². The Morgan fingerprint density at radius 1 is 1.27 bits per heavy atom. The van der Waals surface area contributed by atoms with Crippen molar-refractivity contribution in [3.05, 3.63) is 35.4 Å². The number of benzene rings is 1. The SMILES string of the molecule is Cc1ccccc1C1(CC(C)C)CNC1. The van der Waals surface area contributed by atoms with E-state index < -0.39 is 0 Å². The molecule has 0 bridgehead atoms. The number of hydrogen-bond donors (Lipinski definition) is 1. The van der Waals surface area contributed by atoms with E-state index in [1.807, 2.05) is 0 Å². The van der Waals surface area contributed by atoms with Crippen molar-refractivity contribution in [3.8, 4) is 0 Å². The lowest BCUT2D eigenvalue weighted by molar-refractivity contribution is 0.228. The molecule has 1 aliphatic rings. The van der Waals surface area contributed by atoms with Crippen LogP contribution in [0.4, 0.5) is 0 Å². The van der Waals surface area contributed by atoms with E-state index in [9.17, 15) is 0 Å². The van der Waals surface area contributed by atoms with Gasteiger partial charge in [0.1, 0.15) is 0 Å². The third kappa shape index (κ3) is 1.93. The first-order valence-electron chi connectivity index (χ1n) is 5.91. The van der Waals surface area contributed by atoms with Crippen LogP contribution in [0.15, 0.2) is 24.3 Å². The highest BCUT2D eigenvalue weighted by Gasteiger charge is 2.39. The summed E-state index contributed by atoms with van der Waals surface area (Å²) in [5.41, 5.74) is 3.41. The van der Waals surface area contributed by atoms with Crippen molar-refractivity contribution in [3.63, 3.8) is 0 Å². The van der Waals surface area contributed by atoms with Crippen LogP contribution < -0.4 is 5.32 Å². The van der Waals surface area contributed by atoms with Gasteiger partial charge in [0, 0.05) is 18.5 Å². The Hall–Kier alpha value is -0.820. The molecule has 0 amide bonds. The number of nitrogens with one attached hydrogen (secondary N) is 1. The zero-order chi connectivity index (χ0) is 10.9. The topological polar surface area (TPSA) is 12.0 Å². The first-order chi connectivity index (χ1) is 7.14. The summed E-state index contributed by atoms with van der Waals surface area (Å²) >= 11 is 0. The van der Waals surface area contributed by atoms with Crippen molar-refractivity contribution >= 4 is 0 Å². The predicted molar refractivity (Wildman–Crippen MR) is 65.2 cm³/mol. The normalized spacial score (nSPS) is 18.9. The Labute approximate surface area is 92.9 Å². The smallest absolute Gasteiger partial charge is 0.0207 e. The van der Waals surface area contributed by atoms with Crippen molar-refractivity contribution in [2.75, 3.05) is 13.1 Å². The summed E-state index contributed by atoms with van der Waals surface area (Å²) < 4.78 is 0. The number of hydrogen-bond acceptors (Lipinski definition) is 1. The summed E-state index contributed by atoms with van der Waals surface area (Å²) in [6.07, 6.45) is 1.30. The highest BCUT2D eigenvalue weighted by molar-refractivity contribution is 5.36. The van der Waals surface area contributed by atoms with E-state index >= 15 is 0 Å². The molecule has 1 aliphatic heterocycles. The third-order valence-electron chi connectivity index (χ3n) is 3.44. The molecule has 0 radical (unpaired) electrons. The average molecular weight is 203 g/mol. The second-order valence-electron chi connectivity index (χ2n) is 5.30. The summed E-state index contributed by atoms with van der Waals surface area (Å²) in [4.78, 5) is 0. The van der Waals surface area contributed by atoms with Crippen molar-refractivity contribution < 1.29 is 0 Å². The van der Waals surface area contributed by atoms with Crippen LogP contribution in [0.1, 0.15) is 31.4 Å². The Bertz CT molecular complexity index is 337. The lowest BCUT2D eigenvalue weighted by Crippen LogP contribution is -2.57. The van der Waals surface area contributed by atoms with Gasteiger partial charge in [-0.25, -0.2) is 0 Å². The van der Waals surface area contributed by atoms with E-state index in [4.69, 9.17) is 0 Å². The molecule has 0 aromatic heterocycles. The zero-order valence-electron chi connectivity index (χ0n) is 10.0. The fraction of sp³-hybridized carbons (Fsp3) is 0.571. The Kier molecular flexibility index (Phi) is 2.83. The van der Waals surface area contributed by atoms with Crippen LogP contribution in [0.25, 0.3) is 0 Å². The van der Waals surface area contributed by atoms with E-state index in [2.05, 4.69) is 50.4 Å². The van der Waals surface area contributed by atoms with Gasteiger partial charge in [0.2, 0.25) is 0 Å². The highest BCUT2D eigenvalue weighted by Crippen LogP contribution is 2.36. The van der Waals surface area contributed by atoms with Crippen LogP contribution in [-0.2, 0) is 5.41 Å². The molecular formula is C14H21N. The van der Waals surface area contributed by atoms with Crippen LogP contribution in [0.5, 0.6) is 0 Å². The van der Waals surface area contributed by atoms with E-state index in [1.54, 1.807) is 5.56 Å². The van der Waals surface area contributed by atoms with E-state index in [0.29, 0.717) is 5.41 Å². The van der Waals surface area contributed by atoms with Crippen molar-refractivity contribution in [1.82, 2.24) is 5.32 Å². The molecule has 1 N–H and O–H groups in total. The molecule has 15 heavy (non-hydrogen) atoms. The first kappa shape index (κ1) is 10.7. The standard InChI is InChI=1S/C14H21N/c1-11(2)8-14(9-15-10-14)13-7-5-4-6-12(13)3/h4-7,11,15H,8-10H2,1-3H3. The van der Waals surface area contributed by atoms with E-state index in [0.717, 1.165) is 19.0 Å². The molecule has 1 saturated heterocycles. The van der Waals surface area contributed by atoms with Gasteiger partial charge in [-0.1, -0.05) is 38.1 Å². The molecule has 82 valence electrons. The molecule has 1 fully saturated rings. The lowest BCUT2D eigenvalue weighted by atomic mass is 9.69. The van der Waals surface area contributed by atoms with Crippen LogP contribution in [0, 0.1) is 12.8 Å². The zero-order valence-corrected chi connectivity index (χ0v) is 10.0. The maximum absolute atomic E-state index is 3.43. The van der Waals surface area contributed by atoms with Gasteiger partial charge in [-0.15, -0.1) is 0 Å². The van der Waals surface area contributed by atoms with Gasteiger partial charge in [-0.05, 0) is 30.4 Å². The van der Waals surface area contributed by atoms with Gasteiger partial charge in [-0.3, -0.25) is 0 Å². The first-order valence-corrected chi connectivity index (χ1v) is 5.91. The lowest BCUT2D eigenvalue weighted by Gasteiger charge is -2.45. The van der Waals surface area contributed by atoms with Gasteiger partial charge in [0.25, 0.3) is 0 Å². The Balaban J connectivity index is 2.30. The minimum Gasteiger partial charge on any atom is -0.315 e. The molecule has 0 aliphatic carbocycles. The largest absolute Gasteiger partial charge is 0.315 e. The average Bonchev–Trinajstić information content (AvgIpc) is 2.12. The van der Waals surface area contributed by atoms with Crippen LogP contribution >= 0.6 is 0 Å². The summed E-state index contributed by atoms with van der Waals surface area (Å²) in [7, 11) is 0. The number of aryl methyl sites for hydroxylation is 1. The molecule has 0 spiro atoms.